The summed E-state index contributed by atoms with van der Waals surface area (Å²) in [5.74, 6) is 1.01. The number of nitrogens with zero attached hydrogens (tertiary/aromatic N) is 6. The van der Waals surface area contributed by atoms with Crippen LogP contribution in [0.25, 0.3) is 0 Å². The van der Waals surface area contributed by atoms with Crippen LogP contribution in [0.3, 0.4) is 0 Å². The molecule has 6 heteroatoms. The number of hydrogen-bond donors (Lipinski definition) is 0. The lowest BCUT2D eigenvalue weighted by Gasteiger charge is -2.39. The van der Waals surface area contributed by atoms with Gasteiger partial charge in [0.2, 0.25) is 0 Å². The molecule has 0 unspecified atom stereocenters. The van der Waals surface area contributed by atoms with Crippen LogP contribution in [0.5, 0.6) is 0 Å². The van der Waals surface area contributed by atoms with Crippen LogP contribution in [-0.4, -0.2) is 56.2 Å². The zero-order chi connectivity index (χ0) is 20.9. The van der Waals surface area contributed by atoms with Gasteiger partial charge in [-0.25, -0.2) is 4.68 Å². The first-order chi connectivity index (χ1) is 15.4. The molecule has 1 atom stereocenters. The highest BCUT2D eigenvalue weighted by molar-refractivity contribution is 5.25. The van der Waals surface area contributed by atoms with Crippen LogP contribution < -0.4 is 0 Å². The molecule has 1 saturated heterocycles. The van der Waals surface area contributed by atoms with Crippen LogP contribution >= 0.6 is 0 Å². The van der Waals surface area contributed by atoms with Crippen molar-refractivity contribution in [2.24, 2.45) is 0 Å². The minimum atomic E-state index is 0.108. The van der Waals surface area contributed by atoms with E-state index in [1.807, 2.05) is 0 Å². The summed E-state index contributed by atoms with van der Waals surface area (Å²) in [4.78, 5) is 5.12. The molecule has 0 amide bonds. The lowest BCUT2D eigenvalue weighted by molar-refractivity contribution is 0.0986. The average molecular weight is 417 g/mol. The zero-order valence-corrected chi connectivity index (χ0v) is 18.2. The second-order valence-corrected chi connectivity index (χ2v) is 8.88. The molecule has 5 rings (SSSR count). The monoisotopic (exact) mass is 416 g/mol. The number of tetrazole rings is 1. The third kappa shape index (κ3) is 4.70. The smallest absolute Gasteiger partial charge is 0.173 e. The summed E-state index contributed by atoms with van der Waals surface area (Å²) in [7, 11) is 0. The van der Waals surface area contributed by atoms with E-state index in [-0.39, 0.29) is 6.04 Å². The molecular formula is C25H32N6. The fourth-order valence-corrected chi connectivity index (χ4v) is 5.15. The topological polar surface area (TPSA) is 50.1 Å². The summed E-state index contributed by atoms with van der Waals surface area (Å²) in [6.07, 6.45) is 6.25. The van der Waals surface area contributed by atoms with Gasteiger partial charge in [0.05, 0.1) is 12.1 Å². The van der Waals surface area contributed by atoms with Crippen LogP contribution in [0.2, 0.25) is 0 Å². The predicted octanol–water partition coefficient (Wildman–Crippen LogP) is 4.09. The molecule has 1 aliphatic carbocycles. The molecule has 1 aliphatic heterocycles. The van der Waals surface area contributed by atoms with Gasteiger partial charge in [-0.05, 0) is 34.4 Å². The van der Waals surface area contributed by atoms with Gasteiger partial charge in [-0.3, -0.25) is 9.80 Å². The minimum absolute atomic E-state index is 0.108. The van der Waals surface area contributed by atoms with Crippen molar-refractivity contribution >= 4 is 0 Å². The van der Waals surface area contributed by atoms with E-state index >= 15 is 0 Å². The number of benzene rings is 2. The van der Waals surface area contributed by atoms with Gasteiger partial charge in [0.1, 0.15) is 0 Å². The largest absolute Gasteiger partial charge is 0.297 e. The molecule has 2 aromatic carbocycles. The molecule has 0 N–H and O–H groups in total. The van der Waals surface area contributed by atoms with Crippen LogP contribution in [0.4, 0.5) is 0 Å². The van der Waals surface area contributed by atoms with E-state index in [0.29, 0.717) is 6.04 Å². The Morgan fingerprint density at radius 2 is 1.48 bits per heavy atom. The molecule has 31 heavy (non-hydrogen) atoms. The van der Waals surface area contributed by atoms with Crippen LogP contribution in [0.1, 0.15) is 61.1 Å². The van der Waals surface area contributed by atoms with E-state index in [4.69, 9.17) is 0 Å². The summed E-state index contributed by atoms with van der Waals surface area (Å²) >= 11 is 0. The minimum Gasteiger partial charge on any atom is -0.297 e. The van der Waals surface area contributed by atoms with E-state index in [1.54, 1.807) is 0 Å². The molecular weight excluding hydrogens is 384 g/mol. The Labute approximate surface area is 184 Å². The third-order valence-corrected chi connectivity index (χ3v) is 6.82. The van der Waals surface area contributed by atoms with E-state index < -0.39 is 0 Å². The molecule has 162 valence electrons. The zero-order valence-electron chi connectivity index (χ0n) is 18.2. The molecule has 2 heterocycles. The first-order valence-corrected chi connectivity index (χ1v) is 11.7. The standard InChI is InChI=1S/C25H32N6/c1-4-10-21(11-5-1)20-29-16-18-30(19-17-29)24(22-12-6-2-7-13-22)25-26-27-28-31(25)23-14-8-3-9-15-23/h1-2,4-7,10-13,23-24H,3,8-9,14-20H2/t24-/m0/s1. The van der Waals surface area contributed by atoms with Crippen molar-refractivity contribution in [2.45, 2.75) is 50.7 Å². The summed E-state index contributed by atoms with van der Waals surface area (Å²) in [6, 6.07) is 22.1. The van der Waals surface area contributed by atoms with Crippen molar-refractivity contribution in [1.29, 1.82) is 0 Å². The molecule has 6 nitrogen and oxygen atoms in total. The Bertz CT molecular complexity index is 927. The van der Waals surface area contributed by atoms with Crippen molar-refractivity contribution in [2.75, 3.05) is 26.2 Å². The maximum absolute atomic E-state index is 4.58. The highest BCUT2D eigenvalue weighted by Crippen LogP contribution is 2.33. The summed E-state index contributed by atoms with van der Waals surface area (Å²) in [5, 5.41) is 13.2. The molecule has 0 spiro atoms. The maximum atomic E-state index is 4.58. The Hall–Kier alpha value is -2.57. The van der Waals surface area contributed by atoms with Gasteiger partial charge in [-0.2, -0.15) is 0 Å². The van der Waals surface area contributed by atoms with Crippen molar-refractivity contribution in [3.63, 3.8) is 0 Å². The molecule has 2 aliphatic rings. The number of hydrogen-bond acceptors (Lipinski definition) is 5. The van der Waals surface area contributed by atoms with Crippen LogP contribution in [0.15, 0.2) is 60.7 Å². The Kier molecular flexibility index (Phi) is 6.37. The van der Waals surface area contributed by atoms with Gasteiger partial charge in [0.15, 0.2) is 5.82 Å². The summed E-state index contributed by atoms with van der Waals surface area (Å²) in [6.45, 7) is 5.17. The summed E-state index contributed by atoms with van der Waals surface area (Å²) in [5.41, 5.74) is 2.67. The molecule has 2 fully saturated rings. The second-order valence-electron chi connectivity index (χ2n) is 8.88. The van der Waals surface area contributed by atoms with E-state index in [0.717, 1.165) is 38.5 Å². The van der Waals surface area contributed by atoms with Crippen LogP contribution in [0, 0.1) is 0 Å². The highest BCUT2D eigenvalue weighted by atomic mass is 15.6. The van der Waals surface area contributed by atoms with Gasteiger partial charge in [0, 0.05) is 32.7 Å². The molecule has 0 bridgehead atoms. The first-order valence-electron chi connectivity index (χ1n) is 11.7. The molecule has 0 radical (unpaired) electrons. The van der Waals surface area contributed by atoms with Gasteiger partial charge in [0.25, 0.3) is 0 Å². The number of rotatable bonds is 6. The normalized spacial score (nSPS) is 20.0. The summed E-state index contributed by atoms with van der Waals surface area (Å²) < 4.78 is 2.15. The Balaban J connectivity index is 1.36. The number of piperazine rings is 1. The van der Waals surface area contributed by atoms with E-state index in [2.05, 4.69) is 90.7 Å². The molecule has 3 aromatic rings. The van der Waals surface area contributed by atoms with Crippen molar-refractivity contribution in [3.8, 4) is 0 Å². The fourth-order valence-electron chi connectivity index (χ4n) is 5.15. The molecule has 1 aromatic heterocycles. The lowest BCUT2D eigenvalue weighted by Crippen LogP contribution is -2.48. The van der Waals surface area contributed by atoms with Crippen molar-refractivity contribution in [3.05, 3.63) is 77.6 Å². The Morgan fingerprint density at radius 3 is 2.19 bits per heavy atom. The average Bonchev–Trinajstić information content (AvgIpc) is 3.32. The van der Waals surface area contributed by atoms with Crippen molar-refractivity contribution < 1.29 is 0 Å². The molecule has 1 saturated carbocycles. The quantitative estimate of drug-likeness (QED) is 0.606. The Morgan fingerprint density at radius 1 is 0.806 bits per heavy atom. The third-order valence-electron chi connectivity index (χ3n) is 6.82. The lowest BCUT2D eigenvalue weighted by atomic mass is 9.95. The van der Waals surface area contributed by atoms with Gasteiger partial charge >= 0.3 is 0 Å². The van der Waals surface area contributed by atoms with Gasteiger partial charge in [-0.1, -0.05) is 79.9 Å². The van der Waals surface area contributed by atoms with Crippen LogP contribution in [-0.2, 0) is 6.54 Å². The number of aromatic nitrogens is 4. The SMILES string of the molecule is c1ccc(CN2CCN([C@@H](c3ccccc3)c3nnnn3C3CCCCC3)CC2)cc1. The van der Waals surface area contributed by atoms with Gasteiger partial charge < -0.3 is 0 Å². The van der Waals surface area contributed by atoms with E-state index in [1.165, 1.54) is 43.2 Å². The first kappa shape index (κ1) is 20.3. The van der Waals surface area contributed by atoms with Gasteiger partial charge in [-0.15, -0.1) is 5.10 Å². The fraction of sp³-hybridized carbons (Fsp3) is 0.480. The highest BCUT2D eigenvalue weighted by Gasteiger charge is 2.32. The second kappa shape index (κ2) is 9.71. The van der Waals surface area contributed by atoms with Crippen molar-refractivity contribution in [1.82, 2.24) is 30.0 Å². The predicted molar refractivity (Wildman–Crippen MR) is 122 cm³/mol. The van der Waals surface area contributed by atoms with E-state index in [9.17, 15) is 0 Å². The maximum Gasteiger partial charge on any atom is 0.173 e.